The molecule has 0 saturated carbocycles. The van der Waals surface area contributed by atoms with Gasteiger partial charge in [-0.2, -0.15) is 0 Å². The first-order chi connectivity index (χ1) is 6.20. The first-order valence-corrected chi connectivity index (χ1v) is 7.26. The fourth-order valence-electron chi connectivity index (χ4n) is 1.17. The number of hydrogen-bond donors (Lipinski definition) is 0. The Hall–Kier alpha value is 0.490. The van der Waals surface area contributed by atoms with Gasteiger partial charge in [0, 0.05) is 14.1 Å². The van der Waals surface area contributed by atoms with E-state index in [2.05, 4.69) is 56.3 Å². The third kappa shape index (κ3) is 1.96. The van der Waals surface area contributed by atoms with Crippen molar-refractivity contribution >= 4 is 65.0 Å². The van der Waals surface area contributed by atoms with Gasteiger partial charge < -0.3 is 0 Å². The molecule has 0 aliphatic carbocycles. The van der Waals surface area contributed by atoms with Crippen LogP contribution in [0.5, 0.6) is 0 Å². The maximum absolute atomic E-state index is 3.58. The molecule has 0 amide bonds. The van der Waals surface area contributed by atoms with E-state index in [0.717, 1.165) is 0 Å². The van der Waals surface area contributed by atoms with Crippen molar-refractivity contribution in [2.75, 3.05) is 6.26 Å². The molecule has 0 fully saturated rings. The number of rotatable bonds is 1. The Morgan fingerprint density at radius 1 is 1.23 bits per heavy atom. The molecular weight excluding hydrogens is 332 g/mol. The minimum atomic E-state index is 1.18. The smallest absolute Gasteiger partial charge is 0.0711 e. The Morgan fingerprint density at radius 2 is 2.00 bits per heavy atom. The quantitative estimate of drug-likeness (QED) is 0.648. The summed E-state index contributed by atoms with van der Waals surface area (Å²) in [5.41, 5.74) is 0. The molecule has 13 heavy (non-hydrogen) atoms. The zero-order valence-electron chi connectivity index (χ0n) is 6.80. The molecule has 0 bridgehead atoms. The molecule has 1 aromatic carbocycles. The Bertz CT molecular complexity index is 448. The maximum atomic E-state index is 3.58. The normalized spacial score (nSPS) is 11.0. The highest BCUT2D eigenvalue weighted by molar-refractivity contribution is 9.11. The lowest BCUT2D eigenvalue weighted by molar-refractivity contribution is 1.50. The fourth-order valence-corrected chi connectivity index (χ4v) is 4.03. The number of hydrogen-bond acceptors (Lipinski definition) is 2. The number of fused-ring (bicyclic) bond motifs is 1. The van der Waals surface area contributed by atoms with Gasteiger partial charge in [0.2, 0.25) is 0 Å². The van der Waals surface area contributed by atoms with Crippen molar-refractivity contribution in [1.82, 2.24) is 0 Å². The molecule has 0 radical (unpaired) electrons. The first kappa shape index (κ1) is 10.0. The molecule has 0 aliphatic heterocycles. The van der Waals surface area contributed by atoms with Gasteiger partial charge in [-0.05, 0) is 61.7 Å². The molecule has 0 saturated heterocycles. The molecule has 0 N–H and O–H groups in total. The van der Waals surface area contributed by atoms with E-state index in [-0.39, 0.29) is 0 Å². The van der Waals surface area contributed by atoms with Crippen LogP contribution in [0.3, 0.4) is 0 Å². The van der Waals surface area contributed by atoms with Crippen molar-refractivity contribution in [2.45, 2.75) is 4.90 Å². The standard InChI is InChI=1S/C9H6Br2S2/c1-12-6-2-5-3-8(11)13-9(5)7(10)4-6/h2-4H,1H3. The minimum absolute atomic E-state index is 1.18. The second-order valence-electron chi connectivity index (χ2n) is 2.58. The van der Waals surface area contributed by atoms with Crippen LogP contribution in [0.15, 0.2) is 31.4 Å². The molecule has 68 valence electrons. The van der Waals surface area contributed by atoms with Crippen molar-refractivity contribution in [2.24, 2.45) is 0 Å². The lowest BCUT2D eigenvalue weighted by Gasteiger charge is -1.98. The molecule has 2 aromatic rings. The third-order valence-corrected chi connectivity index (χ3v) is 5.03. The Morgan fingerprint density at radius 3 is 2.69 bits per heavy atom. The lowest BCUT2D eigenvalue weighted by Crippen LogP contribution is -1.70. The van der Waals surface area contributed by atoms with E-state index in [0.29, 0.717) is 0 Å². The molecule has 1 heterocycles. The van der Waals surface area contributed by atoms with E-state index < -0.39 is 0 Å². The second-order valence-corrected chi connectivity index (χ2v) is 6.74. The monoisotopic (exact) mass is 336 g/mol. The van der Waals surface area contributed by atoms with Gasteiger partial charge in [0.25, 0.3) is 0 Å². The largest absolute Gasteiger partial charge is 0.130 e. The summed E-state index contributed by atoms with van der Waals surface area (Å²) in [6, 6.07) is 6.53. The highest BCUT2D eigenvalue weighted by Gasteiger charge is 2.05. The zero-order chi connectivity index (χ0) is 9.42. The summed E-state index contributed by atoms with van der Waals surface area (Å²) in [6.45, 7) is 0. The van der Waals surface area contributed by atoms with Gasteiger partial charge in [0.1, 0.15) is 0 Å². The Kier molecular flexibility index (Phi) is 3.03. The van der Waals surface area contributed by atoms with Crippen LogP contribution in [-0.4, -0.2) is 6.26 Å². The van der Waals surface area contributed by atoms with Crippen LogP contribution in [-0.2, 0) is 0 Å². The van der Waals surface area contributed by atoms with Crippen molar-refractivity contribution in [3.8, 4) is 0 Å². The van der Waals surface area contributed by atoms with Crippen molar-refractivity contribution < 1.29 is 0 Å². The van der Waals surface area contributed by atoms with Crippen LogP contribution < -0.4 is 0 Å². The van der Waals surface area contributed by atoms with E-state index in [1.54, 1.807) is 23.1 Å². The average molecular weight is 338 g/mol. The minimum Gasteiger partial charge on any atom is -0.130 e. The molecule has 0 unspecified atom stereocenters. The maximum Gasteiger partial charge on any atom is 0.0711 e. The SMILES string of the molecule is CSc1cc(Br)c2sc(Br)cc2c1. The van der Waals surface area contributed by atoms with Gasteiger partial charge in [0.15, 0.2) is 0 Å². The number of thiophene rings is 1. The summed E-state index contributed by atoms with van der Waals surface area (Å²) < 4.78 is 3.68. The number of benzene rings is 1. The average Bonchev–Trinajstić information content (AvgIpc) is 2.46. The molecule has 2 rings (SSSR count). The van der Waals surface area contributed by atoms with Crippen LogP contribution in [0.2, 0.25) is 0 Å². The number of thioether (sulfide) groups is 1. The van der Waals surface area contributed by atoms with Gasteiger partial charge in [-0.15, -0.1) is 23.1 Å². The molecule has 1 aromatic heterocycles. The molecule has 0 spiro atoms. The van der Waals surface area contributed by atoms with Gasteiger partial charge in [0.05, 0.1) is 3.79 Å². The van der Waals surface area contributed by atoms with Crippen LogP contribution in [0.4, 0.5) is 0 Å². The predicted octanol–water partition coefficient (Wildman–Crippen LogP) is 5.15. The number of halogens is 2. The second kappa shape index (κ2) is 3.93. The van der Waals surface area contributed by atoms with Crippen LogP contribution in [0.1, 0.15) is 0 Å². The van der Waals surface area contributed by atoms with E-state index in [1.165, 1.54) is 23.2 Å². The van der Waals surface area contributed by atoms with Gasteiger partial charge >= 0.3 is 0 Å². The summed E-state index contributed by atoms with van der Waals surface area (Å²) >= 11 is 10.6. The van der Waals surface area contributed by atoms with Crippen LogP contribution in [0, 0.1) is 0 Å². The summed E-state index contributed by atoms with van der Waals surface area (Å²) in [5, 5.41) is 1.30. The summed E-state index contributed by atoms with van der Waals surface area (Å²) in [4.78, 5) is 1.30. The van der Waals surface area contributed by atoms with Crippen molar-refractivity contribution in [3.05, 3.63) is 26.5 Å². The third-order valence-electron chi connectivity index (χ3n) is 1.75. The molecule has 0 nitrogen and oxygen atoms in total. The first-order valence-electron chi connectivity index (χ1n) is 3.63. The molecule has 0 aliphatic rings. The lowest BCUT2D eigenvalue weighted by atomic mass is 10.3. The Balaban J connectivity index is 2.75. The van der Waals surface area contributed by atoms with E-state index in [1.807, 2.05) is 0 Å². The van der Waals surface area contributed by atoms with E-state index >= 15 is 0 Å². The highest BCUT2D eigenvalue weighted by atomic mass is 79.9. The van der Waals surface area contributed by atoms with Crippen LogP contribution >= 0.6 is 55.0 Å². The Labute approximate surface area is 102 Å². The molecular formula is C9H6Br2S2. The molecule has 0 atom stereocenters. The fraction of sp³-hybridized carbons (Fsp3) is 0.111. The van der Waals surface area contributed by atoms with Crippen molar-refractivity contribution in [1.29, 1.82) is 0 Å². The predicted molar refractivity (Wildman–Crippen MR) is 69.0 cm³/mol. The van der Waals surface area contributed by atoms with E-state index in [4.69, 9.17) is 0 Å². The van der Waals surface area contributed by atoms with Gasteiger partial charge in [-0.25, -0.2) is 0 Å². The van der Waals surface area contributed by atoms with Gasteiger partial charge in [-0.1, -0.05) is 0 Å². The molecule has 4 heteroatoms. The highest BCUT2D eigenvalue weighted by Crippen LogP contribution is 2.37. The van der Waals surface area contributed by atoms with Gasteiger partial charge in [-0.3, -0.25) is 0 Å². The van der Waals surface area contributed by atoms with Crippen molar-refractivity contribution in [3.63, 3.8) is 0 Å². The summed E-state index contributed by atoms with van der Waals surface area (Å²) in [5.74, 6) is 0. The van der Waals surface area contributed by atoms with Crippen LogP contribution in [0.25, 0.3) is 10.1 Å². The summed E-state index contributed by atoms with van der Waals surface area (Å²) in [7, 11) is 0. The summed E-state index contributed by atoms with van der Waals surface area (Å²) in [6.07, 6.45) is 2.09. The topological polar surface area (TPSA) is 0 Å². The zero-order valence-corrected chi connectivity index (χ0v) is 11.6. The van der Waals surface area contributed by atoms with E-state index in [9.17, 15) is 0 Å².